The minimum Gasteiger partial charge on any atom is -0.354 e. The number of benzene rings is 1. The fraction of sp³-hybridized carbons (Fsp3) is 0.389. The van der Waals surface area contributed by atoms with Crippen LogP contribution in [0.15, 0.2) is 46.3 Å². The van der Waals surface area contributed by atoms with Gasteiger partial charge in [-0.15, -0.1) is 11.3 Å². The topological polar surface area (TPSA) is 82.6 Å². The van der Waals surface area contributed by atoms with E-state index in [1.807, 2.05) is 11.3 Å². The number of hydrogen-bond acceptors (Lipinski definition) is 4. The minimum atomic E-state index is -3.40. The number of aryl methyl sites for hydroxylation is 1. The van der Waals surface area contributed by atoms with Crippen LogP contribution in [0.4, 0.5) is 0 Å². The summed E-state index contributed by atoms with van der Waals surface area (Å²) in [6.45, 7) is 4.80. The monoisotopic (exact) mass is 394 g/mol. The zero-order chi connectivity index (χ0) is 19.2. The lowest BCUT2D eigenvalue weighted by atomic mass is 10.2. The van der Waals surface area contributed by atoms with Gasteiger partial charge in [-0.05, 0) is 50.7 Å². The third-order valence-electron chi connectivity index (χ3n) is 3.87. The first-order valence-electron chi connectivity index (χ1n) is 8.39. The normalized spacial score (nSPS) is 13.5. The number of guanidine groups is 1. The van der Waals surface area contributed by atoms with Crippen LogP contribution in [0.25, 0.3) is 0 Å². The quantitative estimate of drug-likeness (QED) is 0.497. The van der Waals surface area contributed by atoms with E-state index in [1.165, 1.54) is 16.8 Å². The second-order valence-corrected chi connectivity index (χ2v) is 9.30. The van der Waals surface area contributed by atoms with Gasteiger partial charge in [0.2, 0.25) is 10.0 Å². The molecule has 6 nitrogen and oxygen atoms in total. The number of hydrogen-bond donors (Lipinski definition) is 3. The van der Waals surface area contributed by atoms with E-state index in [2.05, 4.69) is 46.3 Å². The van der Waals surface area contributed by atoms with Gasteiger partial charge in [-0.25, -0.2) is 13.1 Å². The van der Waals surface area contributed by atoms with Crippen LogP contribution in [-0.4, -0.2) is 34.5 Å². The Hall–Kier alpha value is -1.90. The number of rotatable bonds is 7. The maximum absolute atomic E-state index is 11.7. The van der Waals surface area contributed by atoms with Gasteiger partial charge in [-0.1, -0.05) is 12.1 Å². The van der Waals surface area contributed by atoms with Gasteiger partial charge in [0.05, 0.1) is 4.90 Å². The van der Waals surface area contributed by atoms with E-state index < -0.39 is 10.0 Å². The average Bonchev–Trinajstić information content (AvgIpc) is 3.03. The van der Waals surface area contributed by atoms with E-state index in [-0.39, 0.29) is 10.9 Å². The number of nitrogens with one attached hydrogen (secondary N) is 3. The Bertz CT molecular complexity index is 842. The lowest BCUT2D eigenvalue weighted by Crippen LogP contribution is -2.42. The molecule has 3 N–H and O–H groups in total. The Kier molecular flexibility index (Phi) is 7.19. The largest absolute Gasteiger partial charge is 0.354 e. The second kappa shape index (κ2) is 9.16. The summed E-state index contributed by atoms with van der Waals surface area (Å²) in [5.74, 6) is 0.720. The van der Waals surface area contributed by atoms with Crippen LogP contribution in [0.5, 0.6) is 0 Å². The summed E-state index contributed by atoms with van der Waals surface area (Å²) in [7, 11) is -0.262. The molecule has 0 saturated heterocycles. The molecule has 0 bridgehead atoms. The maximum Gasteiger partial charge on any atom is 0.240 e. The van der Waals surface area contributed by atoms with Crippen molar-refractivity contribution in [2.75, 3.05) is 14.1 Å². The van der Waals surface area contributed by atoms with Gasteiger partial charge in [0.25, 0.3) is 0 Å². The molecular formula is C18H26N4O2S2. The highest BCUT2D eigenvalue weighted by molar-refractivity contribution is 7.89. The molecule has 0 fully saturated rings. The molecule has 0 spiro atoms. The van der Waals surface area contributed by atoms with Crippen molar-refractivity contribution in [1.82, 2.24) is 15.4 Å². The number of nitrogens with zero attached hydrogens (tertiary/aromatic N) is 1. The summed E-state index contributed by atoms with van der Waals surface area (Å²) < 4.78 is 25.8. The van der Waals surface area contributed by atoms with E-state index in [9.17, 15) is 8.42 Å². The molecule has 0 amide bonds. The first-order chi connectivity index (χ1) is 12.3. The lowest BCUT2D eigenvalue weighted by molar-refractivity contribution is 0.588. The summed E-state index contributed by atoms with van der Waals surface area (Å²) in [5.41, 5.74) is 0.976. The molecule has 0 aliphatic heterocycles. The summed E-state index contributed by atoms with van der Waals surface area (Å²) in [6, 6.07) is 11.3. The average molecular weight is 395 g/mol. The molecule has 1 heterocycles. The van der Waals surface area contributed by atoms with Crippen molar-refractivity contribution in [1.29, 1.82) is 0 Å². The molecule has 142 valence electrons. The zero-order valence-electron chi connectivity index (χ0n) is 15.5. The highest BCUT2D eigenvalue weighted by atomic mass is 32.2. The number of sulfonamides is 1. The lowest BCUT2D eigenvalue weighted by Gasteiger charge is -2.17. The van der Waals surface area contributed by atoms with Crippen molar-refractivity contribution >= 4 is 27.3 Å². The van der Waals surface area contributed by atoms with Crippen molar-refractivity contribution in [3.63, 3.8) is 0 Å². The molecule has 1 unspecified atom stereocenters. The van der Waals surface area contributed by atoms with Gasteiger partial charge in [0.1, 0.15) is 0 Å². The molecule has 2 aromatic rings. The minimum absolute atomic E-state index is 0.252. The first-order valence-corrected chi connectivity index (χ1v) is 10.7. The smallest absolute Gasteiger partial charge is 0.240 e. The molecular weight excluding hydrogens is 368 g/mol. The summed E-state index contributed by atoms with van der Waals surface area (Å²) in [4.78, 5) is 7.17. The Balaban J connectivity index is 1.88. The molecule has 0 aliphatic carbocycles. The first kappa shape index (κ1) is 20.4. The van der Waals surface area contributed by atoms with Gasteiger partial charge in [0, 0.05) is 35.8 Å². The predicted octanol–water partition coefficient (Wildman–Crippen LogP) is 2.26. The van der Waals surface area contributed by atoms with Crippen molar-refractivity contribution in [2.45, 2.75) is 37.8 Å². The van der Waals surface area contributed by atoms with E-state index in [1.54, 1.807) is 31.3 Å². The zero-order valence-corrected chi connectivity index (χ0v) is 17.2. The van der Waals surface area contributed by atoms with E-state index in [0.29, 0.717) is 6.54 Å². The van der Waals surface area contributed by atoms with Crippen LogP contribution in [0, 0.1) is 6.92 Å². The molecule has 8 heteroatoms. The molecule has 1 aromatic heterocycles. The SMILES string of the molecule is CN=C(NCc1ccc(S(=O)(=O)NC)cc1)NC(C)Cc1ccc(C)s1. The molecule has 1 aromatic carbocycles. The molecule has 0 radical (unpaired) electrons. The van der Waals surface area contributed by atoms with Crippen molar-refractivity contribution in [3.05, 3.63) is 51.7 Å². The highest BCUT2D eigenvalue weighted by Gasteiger charge is 2.11. The maximum atomic E-state index is 11.7. The van der Waals surface area contributed by atoms with Crippen LogP contribution in [0.3, 0.4) is 0 Å². The standard InChI is InChI=1S/C18H26N4O2S2/c1-13(11-16-8-5-14(2)25-16)22-18(19-3)21-12-15-6-9-17(10-7-15)26(23,24)20-4/h5-10,13,20H,11-12H2,1-4H3,(H2,19,21,22). The van der Waals surface area contributed by atoms with Crippen LogP contribution in [0.2, 0.25) is 0 Å². The Labute approximate surface area is 159 Å². The van der Waals surface area contributed by atoms with Crippen LogP contribution in [-0.2, 0) is 23.0 Å². The molecule has 1 atom stereocenters. The Morgan fingerprint density at radius 1 is 1.19 bits per heavy atom. The summed E-state index contributed by atoms with van der Waals surface area (Å²) in [6.07, 6.45) is 0.940. The molecule has 26 heavy (non-hydrogen) atoms. The van der Waals surface area contributed by atoms with Crippen LogP contribution >= 0.6 is 11.3 Å². The van der Waals surface area contributed by atoms with Gasteiger partial charge in [-0.2, -0.15) is 0 Å². The van der Waals surface area contributed by atoms with Gasteiger partial charge < -0.3 is 10.6 Å². The number of thiophene rings is 1. The third-order valence-corrected chi connectivity index (χ3v) is 6.33. The van der Waals surface area contributed by atoms with Crippen LogP contribution in [0.1, 0.15) is 22.2 Å². The highest BCUT2D eigenvalue weighted by Crippen LogP contribution is 2.16. The summed E-state index contributed by atoms with van der Waals surface area (Å²) in [5, 5.41) is 6.64. The Morgan fingerprint density at radius 3 is 2.42 bits per heavy atom. The third kappa shape index (κ3) is 5.82. The van der Waals surface area contributed by atoms with E-state index in [4.69, 9.17) is 0 Å². The fourth-order valence-electron chi connectivity index (χ4n) is 2.47. The fourth-order valence-corrected chi connectivity index (χ4v) is 4.21. The van der Waals surface area contributed by atoms with Crippen molar-refractivity contribution < 1.29 is 8.42 Å². The molecule has 0 aliphatic rings. The predicted molar refractivity (Wildman–Crippen MR) is 108 cm³/mol. The van der Waals surface area contributed by atoms with Gasteiger partial charge in [0.15, 0.2) is 5.96 Å². The number of aliphatic imine (C=N–C) groups is 1. The van der Waals surface area contributed by atoms with E-state index in [0.717, 1.165) is 17.9 Å². The van der Waals surface area contributed by atoms with Crippen molar-refractivity contribution in [3.8, 4) is 0 Å². The second-order valence-electron chi connectivity index (χ2n) is 6.04. The Morgan fingerprint density at radius 2 is 1.88 bits per heavy atom. The van der Waals surface area contributed by atoms with Gasteiger partial charge in [-0.3, -0.25) is 4.99 Å². The van der Waals surface area contributed by atoms with Crippen molar-refractivity contribution in [2.24, 2.45) is 4.99 Å². The summed E-state index contributed by atoms with van der Waals surface area (Å²) >= 11 is 1.81. The van der Waals surface area contributed by atoms with E-state index >= 15 is 0 Å². The molecule has 0 saturated carbocycles. The molecule has 2 rings (SSSR count). The van der Waals surface area contributed by atoms with Crippen LogP contribution < -0.4 is 15.4 Å². The van der Waals surface area contributed by atoms with Gasteiger partial charge >= 0.3 is 0 Å².